The van der Waals surface area contributed by atoms with Gasteiger partial charge in [0.15, 0.2) is 0 Å². The first-order chi connectivity index (χ1) is 10.8. The summed E-state index contributed by atoms with van der Waals surface area (Å²) < 4.78 is 0. The van der Waals surface area contributed by atoms with Gasteiger partial charge in [-0.3, -0.25) is 4.90 Å². The van der Waals surface area contributed by atoms with Crippen LogP contribution in [0, 0.1) is 11.3 Å². The van der Waals surface area contributed by atoms with E-state index in [9.17, 15) is 0 Å². The predicted octanol–water partition coefficient (Wildman–Crippen LogP) is 1.45. The van der Waals surface area contributed by atoms with E-state index in [1.165, 1.54) is 0 Å². The number of nitrogens with zero attached hydrogens (tertiary/aromatic N) is 6. The maximum absolute atomic E-state index is 8.83. The van der Waals surface area contributed by atoms with E-state index >= 15 is 0 Å². The molecular weight excluding hydrogens is 276 g/mol. The normalized spacial score (nSPS) is 17.7. The summed E-state index contributed by atoms with van der Waals surface area (Å²) >= 11 is 0. The van der Waals surface area contributed by atoms with Crippen molar-refractivity contribution in [3.8, 4) is 6.07 Å². The molecule has 0 bridgehead atoms. The van der Waals surface area contributed by atoms with Crippen molar-refractivity contribution in [3.63, 3.8) is 0 Å². The van der Waals surface area contributed by atoms with Gasteiger partial charge in [-0.2, -0.15) is 5.26 Å². The summed E-state index contributed by atoms with van der Waals surface area (Å²) in [4.78, 5) is 17.5. The van der Waals surface area contributed by atoms with Crippen molar-refractivity contribution >= 4 is 5.82 Å². The summed E-state index contributed by atoms with van der Waals surface area (Å²) in [7, 11) is 2.11. The zero-order valence-electron chi connectivity index (χ0n) is 12.6. The second-order valence-corrected chi connectivity index (χ2v) is 5.49. The van der Waals surface area contributed by atoms with Gasteiger partial charge >= 0.3 is 0 Å². The topological polar surface area (TPSA) is 68.9 Å². The zero-order chi connectivity index (χ0) is 15.4. The quantitative estimate of drug-likeness (QED) is 0.850. The van der Waals surface area contributed by atoms with Crippen LogP contribution in [0.5, 0.6) is 0 Å². The fourth-order valence-electron chi connectivity index (χ4n) is 2.71. The molecule has 0 saturated carbocycles. The molecule has 0 amide bonds. The third-order valence-electron chi connectivity index (χ3n) is 4.00. The van der Waals surface area contributed by atoms with Crippen molar-refractivity contribution in [2.45, 2.75) is 19.0 Å². The van der Waals surface area contributed by atoms with Gasteiger partial charge in [-0.05, 0) is 31.7 Å². The van der Waals surface area contributed by atoms with Gasteiger partial charge in [-0.1, -0.05) is 0 Å². The number of nitriles is 1. The molecule has 112 valence electrons. The Hall–Kier alpha value is -2.52. The van der Waals surface area contributed by atoms with Crippen molar-refractivity contribution in [1.29, 1.82) is 5.26 Å². The molecule has 0 N–H and O–H groups in total. The van der Waals surface area contributed by atoms with Crippen molar-refractivity contribution < 1.29 is 0 Å². The Morgan fingerprint density at radius 2 is 2.14 bits per heavy atom. The van der Waals surface area contributed by atoms with Gasteiger partial charge in [0.25, 0.3) is 0 Å². The minimum atomic E-state index is 0.459. The molecule has 0 spiro atoms. The predicted molar refractivity (Wildman–Crippen MR) is 83.1 cm³/mol. The van der Waals surface area contributed by atoms with Gasteiger partial charge in [0, 0.05) is 37.7 Å². The first kappa shape index (κ1) is 14.4. The van der Waals surface area contributed by atoms with Crippen LogP contribution in [0.1, 0.15) is 17.8 Å². The Labute approximate surface area is 130 Å². The van der Waals surface area contributed by atoms with Crippen LogP contribution in [0.2, 0.25) is 0 Å². The molecule has 0 aliphatic carbocycles. The summed E-state index contributed by atoms with van der Waals surface area (Å²) in [5.41, 5.74) is 0.595. The highest BCUT2D eigenvalue weighted by molar-refractivity contribution is 5.43. The fourth-order valence-corrected chi connectivity index (χ4v) is 2.71. The first-order valence-corrected chi connectivity index (χ1v) is 7.33. The van der Waals surface area contributed by atoms with Crippen LogP contribution in [0.4, 0.5) is 5.82 Å². The molecular formula is C16H18N6. The second-order valence-electron chi connectivity index (χ2n) is 5.49. The molecule has 3 heterocycles. The lowest BCUT2D eigenvalue weighted by Crippen LogP contribution is -2.34. The number of pyridine rings is 1. The molecule has 3 rings (SSSR count). The third-order valence-corrected chi connectivity index (χ3v) is 4.00. The van der Waals surface area contributed by atoms with Crippen LogP contribution in [0.25, 0.3) is 0 Å². The first-order valence-electron chi connectivity index (χ1n) is 7.33. The van der Waals surface area contributed by atoms with Crippen LogP contribution in [-0.4, -0.2) is 46.0 Å². The van der Waals surface area contributed by atoms with E-state index in [0.717, 1.165) is 37.7 Å². The number of likely N-dealkylation sites (N-methyl/N-ethyl adjacent to an activating group) is 1. The van der Waals surface area contributed by atoms with Crippen LogP contribution in [0.3, 0.4) is 0 Å². The number of aromatic nitrogens is 3. The Balaban J connectivity index is 1.60. The highest BCUT2D eigenvalue weighted by Crippen LogP contribution is 2.21. The van der Waals surface area contributed by atoms with Gasteiger partial charge in [-0.15, -0.1) is 0 Å². The largest absolute Gasteiger partial charge is 0.355 e. The Bertz CT molecular complexity index is 649. The number of hydrogen-bond donors (Lipinski definition) is 0. The van der Waals surface area contributed by atoms with E-state index in [-0.39, 0.29) is 0 Å². The SMILES string of the molecule is CN(Cc1ncccn1)[C@@H]1CCN(c2ccc(C#N)cn2)C1. The highest BCUT2D eigenvalue weighted by Gasteiger charge is 2.26. The number of rotatable bonds is 4. The van der Waals surface area contributed by atoms with Crippen molar-refractivity contribution in [3.05, 3.63) is 48.2 Å². The van der Waals surface area contributed by atoms with Gasteiger partial charge in [0.1, 0.15) is 17.7 Å². The Morgan fingerprint density at radius 1 is 1.32 bits per heavy atom. The summed E-state index contributed by atoms with van der Waals surface area (Å²) in [6, 6.07) is 8.12. The zero-order valence-corrected chi connectivity index (χ0v) is 12.6. The van der Waals surface area contributed by atoms with E-state index in [4.69, 9.17) is 5.26 Å². The molecule has 1 atom stereocenters. The molecule has 2 aromatic heterocycles. The van der Waals surface area contributed by atoms with E-state index in [2.05, 4.69) is 37.9 Å². The highest BCUT2D eigenvalue weighted by atomic mass is 15.3. The van der Waals surface area contributed by atoms with Crippen molar-refractivity contribution in [1.82, 2.24) is 19.9 Å². The average molecular weight is 294 g/mol. The number of hydrogen-bond acceptors (Lipinski definition) is 6. The lowest BCUT2D eigenvalue weighted by Gasteiger charge is -2.24. The smallest absolute Gasteiger partial charge is 0.142 e. The van der Waals surface area contributed by atoms with Crippen LogP contribution >= 0.6 is 0 Å². The maximum Gasteiger partial charge on any atom is 0.142 e. The lowest BCUT2D eigenvalue weighted by molar-refractivity contribution is 0.244. The van der Waals surface area contributed by atoms with Gasteiger partial charge < -0.3 is 4.90 Å². The van der Waals surface area contributed by atoms with E-state index in [1.54, 1.807) is 18.6 Å². The minimum absolute atomic E-state index is 0.459. The summed E-state index contributed by atoms with van der Waals surface area (Å²) in [6.45, 7) is 2.66. The van der Waals surface area contributed by atoms with Crippen molar-refractivity contribution in [2.24, 2.45) is 0 Å². The molecule has 1 fully saturated rings. The molecule has 22 heavy (non-hydrogen) atoms. The molecule has 0 unspecified atom stereocenters. The molecule has 0 radical (unpaired) electrons. The van der Waals surface area contributed by atoms with Gasteiger partial charge in [0.2, 0.25) is 0 Å². The monoisotopic (exact) mass is 294 g/mol. The summed E-state index contributed by atoms with van der Waals surface area (Å²) in [5, 5.41) is 8.83. The van der Waals surface area contributed by atoms with Crippen LogP contribution in [-0.2, 0) is 6.54 Å². The molecule has 0 aromatic carbocycles. The molecule has 1 aliphatic rings. The summed E-state index contributed by atoms with van der Waals surface area (Å²) in [6.07, 6.45) is 6.27. The second kappa shape index (κ2) is 6.50. The Kier molecular flexibility index (Phi) is 4.26. The van der Waals surface area contributed by atoms with Gasteiger partial charge in [-0.25, -0.2) is 15.0 Å². The lowest BCUT2D eigenvalue weighted by atomic mass is 10.2. The maximum atomic E-state index is 8.83. The molecule has 1 saturated heterocycles. The van der Waals surface area contributed by atoms with Crippen LogP contribution < -0.4 is 4.90 Å². The number of anilines is 1. The standard InChI is InChI=1S/C16H18N6/c1-21(12-15-18-6-2-7-19-15)14-5-8-22(11-14)16-4-3-13(9-17)10-20-16/h2-4,6-7,10,14H,5,8,11-12H2,1H3/t14-/m1/s1. The van der Waals surface area contributed by atoms with Crippen LogP contribution in [0.15, 0.2) is 36.8 Å². The van der Waals surface area contributed by atoms with E-state index in [0.29, 0.717) is 11.6 Å². The minimum Gasteiger partial charge on any atom is -0.355 e. The molecule has 2 aromatic rings. The average Bonchev–Trinajstić information content (AvgIpc) is 3.06. The summed E-state index contributed by atoms with van der Waals surface area (Å²) in [5.74, 6) is 1.78. The Morgan fingerprint density at radius 3 is 2.82 bits per heavy atom. The molecule has 6 heteroatoms. The van der Waals surface area contributed by atoms with Crippen molar-refractivity contribution in [2.75, 3.05) is 25.0 Å². The third kappa shape index (κ3) is 3.21. The molecule has 6 nitrogen and oxygen atoms in total. The fraction of sp³-hybridized carbons (Fsp3) is 0.375. The van der Waals surface area contributed by atoms with E-state index in [1.807, 2.05) is 18.2 Å². The van der Waals surface area contributed by atoms with E-state index < -0.39 is 0 Å². The van der Waals surface area contributed by atoms with Gasteiger partial charge in [0.05, 0.1) is 12.1 Å². The molecule has 1 aliphatic heterocycles.